The van der Waals surface area contributed by atoms with Crippen molar-refractivity contribution in [3.05, 3.63) is 55.1 Å². The number of hydrogen-bond acceptors (Lipinski definition) is 2. The number of rotatable bonds is 3. The summed E-state index contributed by atoms with van der Waals surface area (Å²) < 4.78 is 28.3. The van der Waals surface area contributed by atoms with E-state index in [9.17, 15) is 8.78 Å². The Labute approximate surface area is 121 Å². The van der Waals surface area contributed by atoms with Crippen molar-refractivity contribution < 1.29 is 8.78 Å². The Morgan fingerprint density at radius 3 is 2.44 bits per heavy atom. The van der Waals surface area contributed by atoms with Crippen molar-refractivity contribution in [3.8, 4) is 0 Å². The van der Waals surface area contributed by atoms with Crippen molar-refractivity contribution in [2.45, 2.75) is 12.5 Å². The van der Waals surface area contributed by atoms with Crippen LogP contribution in [0.2, 0.25) is 4.34 Å². The topological polar surface area (TPSA) is 26.0 Å². The van der Waals surface area contributed by atoms with Gasteiger partial charge in [0.2, 0.25) is 0 Å². The third-order valence-electron chi connectivity index (χ3n) is 2.52. The molecular formula is C12H9BrClF2NS. The molecular weight excluding hydrogens is 344 g/mol. The van der Waals surface area contributed by atoms with Crippen LogP contribution in [-0.4, -0.2) is 0 Å². The summed E-state index contributed by atoms with van der Waals surface area (Å²) in [6.07, 6.45) is 0.0990. The van der Waals surface area contributed by atoms with Crippen molar-refractivity contribution in [3.63, 3.8) is 0 Å². The van der Waals surface area contributed by atoms with Gasteiger partial charge in [0.1, 0.15) is 16.0 Å². The summed E-state index contributed by atoms with van der Waals surface area (Å²) in [5.41, 5.74) is 5.95. The van der Waals surface area contributed by atoms with Crippen LogP contribution in [0.1, 0.15) is 16.5 Å². The van der Waals surface area contributed by atoms with Gasteiger partial charge in [0, 0.05) is 21.0 Å². The summed E-state index contributed by atoms with van der Waals surface area (Å²) >= 11 is 10.5. The largest absolute Gasteiger partial charge is 0.323 e. The molecule has 0 saturated carbocycles. The molecule has 0 aliphatic carbocycles. The van der Waals surface area contributed by atoms with Gasteiger partial charge in [0.25, 0.3) is 0 Å². The lowest BCUT2D eigenvalue weighted by molar-refractivity contribution is 0.541. The van der Waals surface area contributed by atoms with Crippen molar-refractivity contribution in [1.29, 1.82) is 0 Å². The van der Waals surface area contributed by atoms with Crippen molar-refractivity contribution in [2.24, 2.45) is 5.73 Å². The van der Waals surface area contributed by atoms with Gasteiger partial charge in [0.05, 0.1) is 0 Å². The van der Waals surface area contributed by atoms with E-state index in [0.717, 1.165) is 9.35 Å². The molecule has 2 N–H and O–H groups in total. The number of hydrogen-bond donors (Lipinski definition) is 1. The third-order valence-corrected chi connectivity index (χ3v) is 5.12. The van der Waals surface area contributed by atoms with E-state index >= 15 is 0 Å². The SMILES string of the molecule is NC(Cc1c(F)cccc1F)c1cc(Br)c(Cl)s1. The predicted molar refractivity (Wildman–Crippen MR) is 74.0 cm³/mol. The van der Waals surface area contributed by atoms with Crippen LogP contribution in [0.15, 0.2) is 28.7 Å². The molecule has 0 aliphatic rings. The second-order valence-corrected chi connectivity index (χ2v) is 6.32. The zero-order valence-corrected chi connectivity index (χ0v) is 12.2. The van der Waals surface area contributed by atoms with Crippen molar-refractivity contribution >= 4 is 38.9 Å². The molecule has 18 heavy (non-hydrogen) atoms. The molecule has 0 aliphatic heterocycles. The molecule has 1 aromatic heterocycles. The van der Waals surface area contributed by atoms with E-state index in [4.69, 9.17) is 17.3 Å². The van der Waals surface area contributed by atoms with Gasteiger partial charge in [-0.15, -0.1) is 11.3 Å². The van der Waals surface area contributed by atoms with Crippen LogP contribution in [0.4, 0.5) is 8.78 Å². The van der Waals surface area contributed by atoms with Crippen molar-refractivity contribution in [2.75, 3.05) is 0 Å². The highest BCUT2D eigenvalue weighted by molar-refractivity contribution is 9.10. The zero-order valence-electron chi connectivity index (χ0n) is 9.09. The average molecular weight is 353 g/mol. The molecule has 0 saturated heterocycles. The van der Waals surface area contributed by atoms with E-state index < -0.39 is 17.7 Å². The van der Waals surface area contributed by atoms with Gasteiger partial charge in [-0.3, -0.25) is 0 Å². The van der Waals surface area contributed by atoms with E-state index in [-0.39, 0.29) is 12.0 Å². The Balaban J connectivity index is 2.23. The first-order valence-electron chi connectivity index (χ1n) is 5.12. The molecule has 2 rings (SSSR count). The van der Waals surface area contributed by atoms with Gasteiger partial charge in [0.15, 0.2) is 0 Å². The minimum absolute atomic E-state index is 0.00523. The van der Waals surface area contributed by atoms with E-state index in [1.165, 1.54) is 29.5 Å². The molecule has 0 spiro atoms. The van der Waals surface area contributed by atoms with Crippen LogP contribution in [0, 0.1) is 11.6 Å². The van der Waals surface area contributed by atoms with Gasteiger partial charge < -0.3 is 5.73 Å². The summed E-state index contributed by atoms with van der Waals surface area (Å²) in [5.74, 6) is -1.15. The lowest BCUT2D eigenvalue weighted by atomic mass is 10.0. The lowest BCUT2D eigenvalue weighted by Gasteiger charge is -2.11. The summed E-state index contributed by atoms with van der Waals surface area (Å²) in [6, 6.07) is 5.07. The summed E-state index contributed by atoms with van der Waals surface area (Å²) in [7, 11) is 0. The fourth-order valence-electron chi connectivity index (χ4n) is 1.59. The molecule has 0 fully saturated rings. The van der Waals surface area contributed by atoms with Crippen LogP contribution < -0.4 is 5.73 Å². The zero-order chi connectivity index (χ0) is 13.3. The Bertz CT molecular complexity index is 533. The summed E-state index contributed by atoms with van der Waals surface area (Å²) in [4.78, 5) is 0.787. The highest BCUT2D eigenvalue weighted by Gasteiger charge is 2.17. The van der Waals surface area contributed by atoms with Crippen LogP contribution in [0.5, 0.6) is 0 Å². The van der Waals surface area contributed by atoms with E-state index in [1.54, 1.807) is 6.07 Å². The van der Waals surface area contributed by atoms with Crippen LogP contribution >= 0.6 is 38.9 Å². The number of thiophene rings is 1. The first-order valence-corrected chi connectivity index (χ1v) is 7.11. The first-order chi connectivity index (χ1) is 8.49. The Hall–Kier alpha value is -0.490. The quantitative estimate of drug-likeness (QED) is 0.852. The molecule has 1 aromatic carbocycles. The van der Waals surface area contributed by atoms with E-state index in [1.807, 2.05) is 0 Å². The highest BCUT2D eigenvalue weighted by atomic mass is 79.9. The minimum atomic E-state index is -0.577. The molecule has 1 unspecified atom stereocenters. The maximum absolute atomic E-state index is 13.5. The predicted octanol–water partition coefficient (Wildman–Crippen LogP) is 4.68. The molecule has 1 nitrogen and oxygen atoms in total. The summed E-state index contributed by atoms with van der Waals surface area (Å²) in [6.45, 7) is 0. The number of benzene rings is 1. The van der Waals surface area contributed by atoms with E-state index in [0.29, 0.717) is 4.34 Å². The minimum Gasteiger partial charge on any atom is -0.323 e. The smallest absolute Gasteiger partial charge is 0.129 e. The fraction of sp³-hybridized carbons (Fsp3) is 0.167. The Kier molecular flexibility index (Phi) is 4.37. The third kappa shape index (κ3) is 2.91. The fourth-order valence-corrected chi connectivity index (χ4v) is 3.33. The maximum atomic E-state index is 13.5. The maximum Gasteiger partial charge on any atom is 0.129 e. The number of nitrogens with two attached hydrogens (primary N) is 1. The van der Waals surface area contributed by atoms with Gasteiger partial charge in [-0.05, 0) is 40.5 Å². The highest BCUT2D eigenvalue weighted by Crippen LogP contribution is 2.35. The van der Waals surface area contributed by atoms with Gasteiger partial charge >= 0.3 is 0 Å². The van der Waals surface area contributed by atoms with Gasteiger partial charge in [-0.2, -0.15) is 0 Å². The second-order valence-electron chi connectivity index (χ2n) is 3.78. The molecule has 0 amide bonds. The van der Waals surface area contributed by atoms with E-state index in [2.05, 4.69) is 15.9 Å². The van der Waals surface area contributed by atoms with Crippen LogP contribution in [-0.2, 0) is 6.42 Å². The van der Waals surface area contributed by atoms with Crippen LogP contribution in [0.25, 0.3) is 0 Å². The molecule has 96 valence electrons. The normalized spacial score (nSPS) is 12.7. The monoisotopic (exact) mass is 351 g/mol. The summed E-state index contributed by atoms with van der Waals surface area (Å²) in [5, 5.41) is 0. The average Bonchev–Trinajstić information content (AvgIpc) is 2.64. The Morgan fingerprint density at radius 2 is 1.94 bits per heavy atom. The molecule has 6 heteroatoms. The van der Waals surface area contributed by atoms with Gasteiger partial charge in [-0.25, -0.2) is 8.78 Å². The molecule has 0 radical (unpaired) electrons. The molecule has 1 atom stereocenters. The van der Waals surface area contributed by atoms with Crippen molar-refractivity contribution in [1.82, 2.24) is 0 Å². The second kappa shape index (κ2) is 5.65. The first kappa shape index (κ1) is 13.9. The van der Waals surface area contributed by atoms with Crippen LogP contribution in [0.3, 0.4) is 0 Å². The number of halogens is 4. The lowest BCUT2D eigenvalue weighted by Crippen LogP contribution is -2.13. The standard InChI is InChI=1S/C12H9BrClF2NS/c13-7-5-11(18-12(7)14)10(17)4-6-8(15)2-1-3-9(6)16/h1-3,5,10H,4,17H2. The molecule has 2 aromatic rings. The molecule has 1 heterocycles. The molecule has 0 bridgehead atoms. The Morgan fingerprint density at radius 1 is 1.33 bits per heavy atom. The van der Waals surface area contributed by atoms with Gasteiger partial charge in [-0.1, -0.05) is 17.7 Å².